The van der Waals surface area contributed by atoms with Crippen molar-refractivity contribution in [3.05, 3.63) is 71.3 Å². The van der Waals surface area contributed by atoms with Crippen molar-refractivity contribution in [1.82, 2.24) is 21.3 Å². The maximum Gasteiger partial charge on any atom is 0.251 e. The Hall–Kier alpha value is -3.86. The lowest BCUT2D eigenvalue weighted by atomic mass is 9.92. The number of aliphatic hydroxyl groups is 1. The molecule has 2 aromatic carbocycles. The minimum atomic E-state index is -1.51. The van der Waals surface area contributed by atoms with Crippen LogP contribution < -0.4 is 21.3 Å². The van der Waals surface area contributed by atoms with Crippen LogP contribution in [0.5, 0.6) is 0 Å². The van der Waals surface area contributed by atoms with E-state index < -0.39 is 41.1 Å². The molecule has 4 amide bonds. The number of carbonyl (C=O) groups excluding carboxylic acids is 4. The Morgan fingerprint density at radius 3 is 1.56 bits per heavy atom. The number of carbonyl (C=O) groups is 4. The highest BCUT2D eigenvalue weighted by atomic mass is 19.1. The average molecular weight is 897 g/mol. The molecule has 3 atom stereocenters. The molecule has 3 unspecified atom stereocenters. The van der Waals surface area contributed by atoms with Crippen LogP contribution in [-0.4, -0.2) is 60.0 Å². The van der Waals surface area contributed by atoms with Crippen molar-refractivity contribution in [2.45, 2.75) is 219 Å². The molecule has 0 bridgehead atoms. The predicted molar refractivity (Wildman–Crippen MR) is 257 cm³/mol. The summed E-state index contributed by atoms with van der Waals surface area (Å²) in [6.07, 6.45) is 24.8. The summed E-state index contributed by atoms with van der Waals surface area (Å²) in [7, 11) is 0. The topological polar surface area (TPSA) is 137 Å². The van der Waals surface area contributed by atoms with E-state index in [1.165, 1.54) is 96.3 Å². The molecule has 0 fully saturated rings. The first kappa shape index (κ1) is 56.3. The minimum absolute atomic E-state index is 0.0572. The summed E-state index contributed by atoms with van der Waals surface area (Å²) < 4.78 is 28.7. The minimum Gasteiger partial charge on any atom is -0.381 e. The lowest BCUT2D eigenvalue weighted by molar-refractivity contribution is -0.132. The van der Waals surface area contributed by atoms with Gasteiger partial charge in [-0.15, -0.1) is 0 Å². The largest absolute Gasteiger partial charge is 0.381 e. The number of rotatable bonds is 38. The molecule has 0 heterocycles. The van der Waals surface area contributed by atoms with E-state index in [1.54, 1.807) is 0 Å². The van der Waals surface area contributed by atoms with Crippen molar-refractivity contribution in [2.75, 3.05) is 13.1 Å². The van der Waals surface area contributed by atoms with Gasteiger partial charge >= 0.3 is 0 Å². The van der Waals surface area contributed by atoms with Gasteiger partial charge in [0, 0.05) is 38.4 Å². The maximum absolute atomic E-state index is 14.7. The fourth-order valence-electron chi connectivity index (χ4n) is 8.04. The van der Waals surface area contributed by atoms with Crippen LogP contribution in [0.1, 0.15) is 199 Å². The van der Waals surface area contributed by atoms with Crippen LogP contribution in [0.25, 0.3) is 0 Å². The predicted octanol–water partition coefficient (Wildman–Crippen LogP) is 11.1. The quantitative estimate of drug-likeness (QED) is 0.0428. The SMILES string of the molecule is CCCCCCCCCCCCCC(=O)NC(CC(=O)NCC(C)(C)CNC(=O)C(O)C(Cc1ccccc1)NC(=O)CCCCCCCCCCCCC)Cc1cc(F)ccc1F. The van der Waals surface area contributed by atoms with Gasteiger partial charge in [0.05, 0.1) is 6.04 Å². The number of aliphatic hydroxyl groups excluding tert-OH is 1. The molecule has 9 nitrogen and oxygen atoms in total. The van der Waals surface area contributed by atoms with Gasteiger partial charge in [0.2, 0.25) is 17.7 Å². The van der Waals surface area contributed by atoms with Crippen molar-refractivity contribution in [3.63, 3.8) is 0 Å². The van der Waals surface area contributed by atoms with Gasteiger partial charge in [0.25, 0.3) is 5.91 Å². The van der Waals surface area contributed by atoms with Crippen LogP contribution in [-0.2, 0) is 32.0 Å². The molecule has 0 saturated carbocycles. The first-order valence-corrected chi connectivity index (χ1v) is 25.1. The van der Waals surface area contributed by atoms with Crippen molar-refractivity contribution in [3.8, 4) is 0 Å². The summed E-state index contributed by atoms with van der Waals surface area (Å²) in [5.74, 6) is -2.67. The van der Waals surface area contributed by atoms with Crippen molar-refractivity contribution >= 4 is 23.6 Å². The summed E-state index contributed by atoms with van der Waals surface area (Å²) in [6, 6.07) is 11.0. The normalized spacial score (nSPS) is 12.9. The van der Waals surface area contributed by atoms with Crippen LogP contribution in [0, 0.1) is 17.0 Å². The molecule has 0 aromatic heterocycles. The molecule has 0 aliphatic carbocycles. The molecule has 11 heteroatoms. The fourth-order valence-corrected chi connectivity index (χ4v) is 8.04. The van der Waals surface area contributed by atoms with Gasteiger partial charge in [0.1, 0.15) is 11.6 Å². The Bertz CT molecular complexity index is 1580. The summed E-state index contributed by atoms with van der Waals surface area (Å²) in [5, 5.41) is 22.8. The summed E-state index contributed by atoms with van der Waals surface area (Å²) in [4.78, 5) is 52.7. The Balaban J connectivity index is 1.86. The summed E-state index contributed by atoms with van der Waals surface area (Å²) >= 11 is 0. The number of hydrogen-bond acceptors (Lipinski definition) is 5. The zero-order valence-corrected chi connectivity index (χ0v) is 40.2. The second kappa shape index (κ2) is 34.5. The third-order valence-electron chi connectivity index (χ3n) is 12.1. The number of benzene rings is 2. The highest BCUT2D eigenvalue weighted by Crippen LogP contribution is 2.18. The highest BCUT2D eigenvalue weighted by molar-refractivity contribution is 5.83. The van der Waals surface area contributed by atoms with Gasteiger partial charge in [0.15, 0.2) is 6.10 Å². The lowest BCUT2D eigenvalue weighted by Crippen LogP contribution is -2.53. The van der Waals surface area contributed by atoms with Crippen LogP contribution in [0.2, 0.25) is 0 Å². The third-order valence-corrected chi connectivity index (χ3v) is 12.1. The first-order chi connectivity index (χ1) is 30.8. The number of nitrogens with one attached hydrogen (secondary N) is 4. The molecule has 0 radical (unpaired) electrons. The second-order valence-electron chi connectivity index (χ2n) is 18.9. The third kappa shape index (κ3) is 27.5. The van der Waals surface area contributed by atoms with Gasteiger partial charge in [-0.05, 0) is 60.4 Å². The molecule has 0 saturated heterocycles. The summed E-state index contributed by atoms with van der Waals surface area (Å²) in [5.41, 5.74) is 0.298. The standard InChI is InChI=1S/C53H86F2N4O5/c1-5-7-9-11-13-15-17-19-21-23-28-32-48(60)58-45(38-43-37-44(54)34-35-46(43)55)39-50(62)56-40-53(3,4)41-57-52(64)51(63)47(36-42-30-26-25-27-31-42)59-49(61)33-29-24-22-20-18-16-14-12-10-8-6-2/h25-27,30-31,34-35,37,45,47,51,63H,5-24,28-29,32-33,36,38-41H2,1-4H3,(H,56,62)(H,57,64)(H,58,60)(H,59,61). The zero-order valence-electron chi connectivity index (χ0n) is 40.2. The van der Waals surface area contributed by atoms with E-state index in [0.29, 0.717) is 12.8 Å². The van der Waals surface area contributed by atoms with Gasteiger partial charge in [-0.1, -0.05) is 186 Å². The van der Waals surface area contributed by atoms with E-state index in [0.717, 1.165) is 62.3 Å². The second-order valence-corrected chi connectivity index (χ2v) is 18.9. The van der Waals surface area contributed by atoms with Crippen molar-refractivity contribution in [1.29, 1.82) is 0 Å². The Kier molecular flexibility index (Phi) is 30.3. The molecular formula is C53H86F2N4O5. The Morgan fingerprint density at radius 2 is 1.05 bits per heavy atom. The lowest BCUT2D eigenvalue weighted by Gasteiger charge is -2.28. The molecule has 362 valence electrons. The fraction of sp³-hybridized carbons (Fsp3) is 0.698. The van der Waals surface area contributed by atoms with E-state index in [2.05, 4.69) is 35.1 Å². The molecule has 2 aromatic rings. The molecule has 2 rings (SSSR count). The van der Waals surface area contributed by atoms with Gasteiger partial charge in [-0.25, -0.2) is 8.78 Å². The van der Waals surface area contributed by atoms with Crippen LogP contribution in [0.3, 0.4) is 0 Å². The number of unbranched alkanes of at least 4 members (excludes halogenated alkanes) is 20. The Morgan fingerprint density at radius 1 is 0.578 bits per heavy atom. The van der Waals surface area contributed by atoms with Gasteiger partial charge < -0.3 is 26.4 Å². The summed E-state index contributed by atoms with van der Waals surface area (Å²) in [6.45, 7) is 8.42. The maximum atomic E-state index is 14.7. The molecule has 0 aliphatic heterocycles. The van der Waals surface area contributed by atoms with E-state index in [9.17, 15) is 33.1 Å². The molecule has 64 heavy (non-hydrogen) atoms. The smallest absolute Gasteiger partial charge is 0.251 e. The van der Waals surface area contributed by atoms with Crippen molar-refractivity contribution < 1.29 is 33.1 Å². The van der Waals surface area contributed by atoms with E-state index in [4.69, 9.17) is 0 Å². The van der Waals surface area contributed by atoms with E-state index in [1.807, 2.05) is 44.2 Å². The van der Waals surface area contributed by atoms with Gasteiger partial charge in [-0.2, -0.15) is 0 Å². The molecule has 0 aliphatic rings. The first-order valence-electron chi connectivity index (χ1n) is 25.1. The van der Waals surface area contributed by atoms with E-state index in [-0.39, 0.29) is 62.1 Å². The van der Waals surface area contributed by atoms with E-state index >= 15 is 0 Å². The average Bonchev–Trinajstić information content (AvgIpc) is 3.27. The molecule has 5 N–H and O–H groups in total. The van der Waals surface area contributed by atoms with Crippen LogP contribution in [0.4, 0.5) is 8.78 Å². The van der Waals surface area contributed by atoms with Crippen LogP contribution >= 0.6 is 0 Å². The molecular weight excluding hydrogens is 811 g/mol. The van der Waals surface area contributed by atoms with Crippen LogP contribution in [0.15, 0.2) is 48.5 Å². The zero-order chi connectivity index (χ0) is 46.8. The monoisotopic (exact) mass is 897 g/mol. The molecule has 0 spiro atoms. The number of amides is 4. The number of hydrogen-bond donors (Lipinski definition) is 5. The Labute approximate surface area is 385 Å². The van der Waals surface area contributed by atoms with Gasteiger partial charge in [-0.3, -0.25) is 19.2 Å². The van der Waals surface area contributed by atoms with Crippen molar-refractivity contribution in [2.24, 2.45) is 5.41 Å². The number of halogens is 2. The highest BCUT2D eigenvalue weighted by Gasteiger charge is 2.30.